The summed E-state index contributed by atoms with van der Waals surface area (Å²) < 4.78 is 11.3. The molecule has 0 saturated carbocycles. The first-order valence-electron chi connectivity index (χ1n) is 11.1. The topological polar surface area (TPSA) is 93.9 Å². The highest BCUT2D eigenvalue weighted by Crippen LogP contribution is 2.35. The lowest BCUT2D eigenvalue weighted by atomic mass is 9.89. The lowest BCUT2D eigenvalue weighted by Gasteiger charge is -2.32. The highest BCUT2D eigenvalue weighted by Gasteiger charge is 2.28. The number of benzene rings is 2. The fourth-order valence-electron chi connectivity index (χ4n) is 4.33. The van der Waals surface area contributed by atoms with Crippen molar-refractivity contribution in [3.8, 4) is 0 Å². The van der Waals surface area contributed by atoms with Crippen LogP contribution in [0.15, 0.2) is 42.5 Å². The van der Waals surface area contributed by atoms with Crippen LogP contribution < -0.4 is 5.32 Å². The van der Waals surface area contributed by atoms with E-state index in [-0.39, 0.29) is 23.6 Å². The van der Waals surface area contributed by atoms with Gasteiger partial charge in [-0.05, 0) is 37.5 Å². The summed E-state index contributed by atoms with van der Waals surface area (Å²) in [4.78, 5) is 25.7. The van der Waals surface area contributed by atoms with Gasteiger partial charge in [-0.3, -0.25) is 14.9 Å². The Balaban J connectivity index is 1.48. The van der Waals surface area contributed by atoms with Crippen molar-refractivity contribution in [2.45, 2.75) is 25.9 Å². The highest BCUT2D eigenvalue weighted by atomic mass is 16.6. The monoisotopic (exact) mass is 439 g/mol. The van der Waals surface area contributed by atoms with Gasteiger partial charge in [0.2, 0.25) is 0 Å². The van der Waals surface area contributed by atoms with E-state index in [0.29, 0.717) is 50.7 Å². The van der Waals surface area contributed by atoms with Crippen LogP contribution in [0.3, 0.4) is 0 Å². The molecule has 2 aliphatic rings. The third kappa shape index (κ3) is 5.08. The molecular formula is C24H29N3O5. The molecule has 0 spiro atoms. The Kier molecular flexibility index (Phi) is 7.02. The Morgan fingerprint density at radius 2 is 1.91 bits per heavy atom. The molecule has 4 rings (SSSR count). The van der Waals surface area contributed by atoms with E-state index in [1.807, 2.05) is 0 Å². The van der Waals surface area contributed by atoms with Crippen LogP contribution in [0.25, 0.3) is 0 Å². The van der Waals surface area contributed by atoms with Crippen LogP contribution in [0.1, 0.15) is 40.4 Å². The second-order valence-corrected chi connectivity index (χ2v) is 8.38. The minimum atomic E-state index is -0.437. The summed E-state index contributed by atoms with van der Waals surface area (Å²) in [5.41, 5.74) is 2.97. The average molecular weight is 440 g/mol. The van der Waals surface area contributed by atoms with Crippen molar-refractivity contribution < 1.29 is 19.2 Å². The van der Waals surface area contributed by atoms with Crippen molar-refractivity contribution in [3.63, 3.8) is 0 Å². The largest absolute Gasteiger partial charge is 0.379 e. The molecule has 170 valence electrons. The van der Waals surface area contributed by atoms with Crippen LogP contribution in [0.4, 0.5) is 11.4 Å². The van der Waals surface area contributed by atoms with Crippen LogP contribution in [-0.4, -0.2) is 55.2 Å². The van der Waals surface area contributed by atoms with Gasteiger partial charge < -0.3 is 19.7 Å². The quantitative estimate of drug-likeness (QED) is 0.541. The van der Waals surface area contributed by atoms with Crippen molar-refractivity contribution in [1.29, 1.82) is 0 Å². The van der Waals surface area contributed by atoms with Gasteiger partial charge in [0.1, 0.15) is 5.69 Å². The molecule has 2 saturated heterocycles. The lowest BCUT2D eigenvalue weighted by molar-refractivity contribution is -0.384. The van der Waals surface area contributed by atoms with Crippen molar-refractivity contribution in [3.05, 3.63) is 69.3 Å². The Morgan fingerprint density at radius 3 is 2.62 bits per heavy atom. The summed E-state index contributed by atoms with van der Waals surface area (Å²) in [7, 11) is 0. The summed E-state index contributed by atoms with van der Waals surface area (Å²) in [6, 6.07) is 13.0. The second-order valence-electron chi connectivity index (χ2n) is 8.38. The fourth-order valence-corrected chi connectivity index (χ4v) is 4.33. The van der Waals surface area contributed by atoms with E-state index in [2.05, 4.69) is 36.5 Å². The first-order valence-corrected chi connectivity index (χ1v) is 11.1. The van der Waals surface area contributed by atoms with Gasteiger partial charge in [0.25, 0.3) is 11.6 Å². The van der Waals surface area contributed by atoms with Gasteiger partial charge in [0.05, 0.1) is 24.2 Å². The van der Waals surface area contributed by atoms with Crippen LogP contribution in [-0.2, 0) is 9.47 Å². The van der Waals surface area contributed by atoms with E-state index in [4.69, 9.17) is 9.47 Å². The van der Waals surface area contributed by atoms with Gasteiger partial charge >= 0.3 is 0 Å². The molecule has 0 radical (unpaired) electrons. The van der Waals surface area contributed by atoms with Gasteiger partial charge in [-0.15, -0.1) is 0 Å². The number of rotatable bonds is 6. The van der Waals surface area contributed by atoms with Gasteiger partial charge in [-0.1, -0.05) is 29.8 Å². The van der Waals surface area contributed by atoms with E-state index >= 15 is 0 Å². The molecular weight excluding hydrogens is 410 g/mol. The van der Waals surface area contributed by atoms with Gasteiger partial charge in [-0.25, -0.2) is 0 Å². The van der Waals surface area contributed by atoms with Gasteiger partial charge in [0, 0.05) is 43.8 Å². The molecule has 0 aromatic heterocycles. The van der Waals surface area contributed by atoms with E-state index in [0.717, 1.165) is 18.4 Å². The lowest BCUT2D eigenvalue weighted by Crippen LogP contribution is -2.40. The maximum Gasteiger partial charge on any atom is 0.293 e. The third-order valence-electron chi connectivity index (χ3n) is 6.15. The SMILES string of the molecule is Cc1ccc(C2OCCCC2CNc2ccc(C(=O)N3CCOCC3)cc2[N+](=O)[O-])cc1. The Bertz CT molecular complexity index is 957. The van der Waals surface area contributed by atoms with Gasteiger partial charge in [-0.2, -0.15) is 0 Å². The molecule has 8 nitrogen and oxygen atoms in total. The number of ether oxygens (including phenoxy) is 2. The molecule has 2 aromatic carbocycles. The van der Waals surface area contributed by atoms with E-state index in [1.165, 1.54) is 11.6 Å². The number of hydrogen-bond acceptors (Lipinski definition) is 6. The first-order chi connectivity index (χ1) is 15.5. The summed E-state index contributed by atoms with van der Waals surface area (Å²) >= 11 is 0. The molecule has 0 aliphatic carbocycles. The van der Waals surface area contributed by atoms with Crippen molar-refractivity contribution >= 4 is 17.3 Å². The molecule has 1 N–H and O–H groups in total. The smallest absolute Gasteiger partial charge is 0.293 e. The summed E-state index contributed by atoms with van der Waals surface area (Å²) in [6.07, 6.45) is 1.90. The first kappa shape index (κ1) is 22.2. The predicted octanol–water partition coefficient (Wildman–Crippen LogP) is 3.96. The van der Waals surface area contributed by atoms with E-state index in [1.54, 1.807) is 17.0 Å². The molecule has 2 atom stereocenters. The number of morpholine rings is 1. The molecule has 2 heterocycles. The molecule has 2 fully saturated rings. The maximum absolute atomic E-state index is 12.7. The summed E-state index contributed by atoms with van der Waals surface area (Å²) in [5, 5.41) is 15.0. The minimum Gasteiger partial charge on any atom is -0.379 e. The molecule has 8 heteroatoms. The zero-order valence-corrected chi connectivity index (χ0v) is 18.3. The van der Waals surface area contributed by atoms with Crippen molar-refractivity contribution in [1.82, 2.24) is 4.90 Å². The number of nitro benzene ring substituents is 1. The van der Waals surface area contributed by atoms with Crippen LogP contribution in [0.5, 0.6) is 0 Å². The number of nitrogens with zero attached hydrogens (tertiary/aromatic N) is 2. The number of anilines is 1. The number of carbonyl (C=O) groups excluding carboxylic acids is 1. The minimum absolute atomic E-state index is 0.0434. The molecule has 2 unspecified atom stereocenters. The van der Waals surface area contributed by atoms with E-state index in [9.17, 15) is 14.9 Å². The van der Waals surface area contributed by atoms with E-state index < -0.39 is 4.92 Å². The number of hydrogen-bond donors (Lipinski definition) is 1. The Labute approximate surface area is 187 Å². The number of amides is 1. The zero-order valence-electron chi connectivity index (χ0n) is 18.3. The number of nitrogens with one attached hydrogen (secondary N) is 1. The highest BCUT2D eigenvalue weighted by molar-refractivity contribution is 5.95. The van der Waals surface area contributed by atoms with Crippen LogP contribution in [0.2, 0.25) is 0 Å². The molecule has 2 aromatic rings. The third-order valence-corrected chi connectivity index (χ3v) is 6.15. The zero-order chi connectivity index (χ0) is 22.5. The Morgan fingerprint density at radius 1 is 1.16 bits per heavy atom. The van der Waals surface area contributed by atoms with Gasteiger partial charge in [0.15, 0.2) is 0 Å². The van der Waals surface area contributed by atoms with Crippen molar-refractivity contribution in [2.24, 2.45) is 5.92 Å². The fraction of sp³-hybridized carbons (Fsp3) is 0.458. The van der Waals surface area contributed by atoms with Crippen LogP contribution in [0, 0.1) is 23.0 Å². The maximum atomic E-state index is 12.7. The summed E-state index contributed by atoms with van der Waals surface area (Å²) in [6.45, 7) is 5.28. The summed E-state index contributed by atoms with van der Waals surface area (Å²) in [5.74, 6) is -0.0104. The number of nitro groups is 1. The van der Waals surface area contributed by atoms with Crippen molar-refractivity contribution in [2.75, 3.05) is 44.8 Å². The number of carbonyl (C=O) groups is 1. The average Bonchev–Trinajstić information content (AvgIpc) is 2.83. The standard InChI is InChI=1S/C24H29N3O5/c1-17-4-6-18(7-5-17)23-20(3-2-12-32-23)16-25-21-9-8-19(15-22(21)27(29)30)24(28)26-10-13-31-14-11-26/h4-9,15,20,23,25H,2-3,10-14,16H2,1H3. The molecule has 2 aliphatic heterocycles. The predicted molar refractivity (Wildman–Crippen MR) is 121 cm³/mol. The number of aryl methyl sites for hydroxylation is 1. The second kappa shape index (κ2) is 10.1. The normalized spacial score (nSPS) is 21.2. The molecule has 0 bridgehead atoms. The molecule has 32 heavy (non-hydrogen) atoms. The van der Waals surface area contributed by atoms with Crippen LogP contribution >= 0.6 is 0 Å². The Hall–Kier alpha value is -2.97. The molecule has 1 amide bonds.